The smallest absolute Gasteiger partial charge is 0.0359 e. The molecule has 16 aromatic carbocycles. The van der Waals surface area contributed by atoms with Crippen molar-refractivity contribution in [2.75, 3.05) is 0 Å². The lowest BCUT2D eigenvalue weighted by Crippen LogP contribution is -1.98. The van der Waals surface area contributed by atoms with Crippen LogP contribution in [-0.2, 0) is 0 Å². The summed E-state index contributed by atoms with van der Waals surface area (Å²) in [6.45, 7) is 69.8. The van der Waals surface area contributed by atoms with Crippen molar-refractivity contribution in [2.24, 2.45) is 0 Å². The largest absolute Gasteiger partial charge is 0.0882 e. The van der Waals surface area contributed by atoms with E-state index >= 15 is 0 Å². The third-order valence-electron chi connectivity index (χ3n) is 27.0. The minimum Gasteiger partial charge on any atom is -0.0882 e. The first-order valence-corrected chi connectivity index (χ1v) is 50.0. The standard InChI is InChI=1S/C110H110S10/c1-51-31-81(32-52(2)71(51)21)111-101-96-91-92-94-95-93(91)98(105(115-85-39-59(9)75(25)60(10)40-85)103(96)113-83-35-55(5)73(23)56(6)36-83)107(117-87-43-63(13)77(27)64(14)44-87)109(119-89-47-67(17)79(29)68(18)48-89)100(95)110(120-90-49-69(19)80(30)70(20)50-90)108(118-88-45-65(15)78(28)66(16)46-88)99(94)106(116-86-41-61(11)76(26)62(12)42-86)104(114-84-37-57(7)74(24)58(8)38-84)97(92)102(101)112-82-33-53(3)72(22)54(4)34-82/h31-50H,1-30H3. The van der Waals surface area contributed by atoms with E-state index in [-0.39, 0.29) is 0 Å². The molecule has 0 N–H and O–H groups in total. The van der Waals surface area contributed by atoms with Crippen molar-refractivity contribution in [3.8, 4) is 0 Å². The lowest BCUT2D eigenvalue weighted by molar-refractivity contribution is 1.17. The molecule has 16 rings (SSSR count). The zero-order valence-corrected chi connectivity index (χ0v) is 83.8. The molecule has 0 aromatic heterocycles. The molecule has 0 saturated heterocycles. The number of hydrogen-bond acceptors (Lipinski definition) is 10. The molecule has 0 heterocycles. The van der Waals surface area contributed by atoms with Gasteiger partial charge in [0.2, 0.25) is 0 Å². The van der Waals surface area contributed by atoms with Gasteiger partial charge in [0.05, 0.1) is 0 Å². The van der Waals surface area contributed by atoms with Gasteiger partial charge in [-0.1, -0.05) is 118 Å². The fourth-order valence-electron chi connectivity index (χ4n) is 17.4. The van der Waals surface area contributed by atoms with E-state index < -0.39 is 0 Å². The maximum Gasteiger partial charge on any atom is 0.0359 e. The molecule has 16 aromatic rings. The summed E-state index contributed by atoms with van der Waals surface area (Å²) >= 11 is 20.1. The summed E-state index contributed by atoms with van der Waals surface area (Å²) in [7, 11) is 0. The van der Waals surface area contributed by atoms with Crippen molar-refractivity contribution in [2.45, 2.75) is 306 Å². The molecule has 0 saturated carbocycles. The lowest BCUT2D eigenvalue weighted by atomic mass is 9.99. The summed E-state index contributed by atoms with van der Waals surface area (Å²) < 4.78 is 0. The van der Waals surface area contributed by atoms with E-state index in [9.17, 15) is 0 Å². The van der Waals surface area contributed by atoms with Crippen molar-refractivity contribution in [3.63, 3.8) is 0 Å². The summed E-state index contributed by atoms with van der Waals surface area (Å²) in [5.74, 6) is 0. The van der Waals surface area contributed by atoms with Gasteiger partial charge in [-0.2, -0.15) is 0 Å². The molecule has 10 heteroatoms. The van der Waals surface area contributed by atoms with Gasteiger partial charge < -0.3 is 0 Å². The van der Waals surface area contributed by atoms with E-state index in [4.69, 9.17) is 0 Å². The van der Waals surface area contributed by atoms with E-state index in [1.165, 1.54) is 319 Å². The van der Waals surface area contributed by atoms with Gasteiger partial charge in [0.15, 0.2) is 0 Å². The number of rotatable bonds is 20. The van der Waals surface area contributed by atoms with Crippen molar-refractivity contribution in [3.05, 3.63) is 288 Å². The quantitative estimate of drug-likeness (QED) is 0.0674. The Morgan fingerprint density at radius 3 is 0.233 bits per heavy atom. The van der Waals surface area contributed by atoms with Gasteiger partial charge in [-0.25, -0.2) is 0 Å². The molecule has 0 aliphatic heterocycles. The highest BCUT2D eigenvalue weighted by molar-refractivity contribution is 8.05. The summed E-state index contributed by atoms with van der Waals surface area (Å²) in [4.78, 5) is 25.4. The maximum absolute atomic E-state index is 2.51. The van der Waals surface area contributed by atoms with Crippen LogP contribution in [-0.4, -0.2) is 0 Å². The van der Waals surface area contributed by atoms with Crippen molar-refractivity contribution in [1.29, 1.82) is 0 Å². The minimum absolute atomic E-state index is 1.25. The zero-order chi connectivity index (χ0) is 85.9. The van der Waals surface area contributed by atoms with Gasteiger partial charge in [-0.3, -0.25) is 0 Å². The zero-order valence-electron chi connectivity index (χ0n) is 75.6. The maximum atomic E-state index is 2.51. The molecule has 0 nitrogen and oxygen atoms in total. The van der Waals surface area contributed by atoms with Gasteiger partial charge in [0.1, 0.15) is 0 Å². The van der Waals surface area contributed by atoms with E-state index in [0.29, 0.717) is 0 Å². The monoisotopic (exact) mass is 1750 g/mol. The number of hydrogen-bond donors (Lipinski definition) is 0. The average Bonchev–Trinajstić information content (AvgIpc) is 1.48. The van der Waals surface area contributed by atoms with Gasteiger partial charge in [0.25, 0.3) is 0 Å². The van der Waals surface area contributed by atoms with E-state index in [2.05, 4.69) is 329 Å². The molecule has 0 fully saturated rings. The fourth-order valence-corrected chi connectivity index (χ4v) is 31.0. The second kappa shape index (κ2) is 33.5. The van der Waals surface area contributed by atoms with Crippen LogP contribution < -0.4 is 0 Å². The molecule has 0 aliphatic carbocycles. The van der Waals surface area contributed by atoms with Gasteiger partial charge in [-0.15, -0.1) is 0 Å². The van der Waals surface area contributed by atoms with Crippen LogP contribution >= 0.6 is 118 Å². The Kier molecular flexibility index (Phi) is 24.2. The minimum atomic E-state index is 1.25. The molecule has 120 heavy (non-hydrogen) atoms. The van der Waals surface area contributed by atoms with E-state index in [0.717, 1.165) is 0 Å². The Morgan fingerprint density at radius 2 is 0.167 bits per heavy atom. The Hall–Kier alpha value is -6.90. The molecular weight excluding hydrogens is 1640 g/mol. The molecule has 0 bridgehead atoms. The molecule has 0 spiro atoms. The molecule has 0 aliphatic rings. The van der Waals surface area contributed by atoms with Crippen LogP contribution in [0.1, 0.15) is 167 Å². The normalized spacial score (nSPS) is 12.1. The lowest BCUT2D eigenvalue weighted by Gasteiger charge is -2.26. The van der Waals surface area contributed by atoms with Crippen molar-refractivity contribution in [1.82, 2.24) is 0 Å². The van der Waals surface area contributed by atoms with Crippen LogP contribution in [0.25, 0.3) is 53.9 Å². The van der Waals surface area contributed by atoms with Gasteiger partial charge in [0, 0.05) is 152 Å². The van der Waals surface area contributed by atoms with Crippen LogP contribution in [0.4, 0.5) is 0 Å². The molecule has 0 radical (unpaired) electrons. The predicted molar refractivity (Wildman–Crippen MR) is 535 cm³/mol. The van der Waals surface area contributed by atoms with Crippen LogP contribution in [0.15, 0.2) is 219 Å². The molecule has 0 unspecified atom stereocenters. The first kappa shape index (κ1) is 86.6. The van der Waals surface area contributed by atoms with Crippen molar-refractivity contribution >= 4 is 171 Å². The second-order valence-electron chi connectivity index (χ2n) is 34.9. The predicted octanol–water partition coefficient (Wildman–Crippen LogP) is 36.5. The Balaban J connectivity index is 1.31. The Bertz CT molecular complexity index is 5410. The summed E-state index contributed by atoms with van der Waals surface area (Å²) in [5.41, 5.74) is 39.4. The first-order chi connectivity index (χ1) is 56.8. The average molecular weight is 1750 g/mol. The summed E-state index contributed by atoms with van der Waals surface area (Å²) in [6, 6.07) is 50.1. The summed E-state index contributed by atoms with van der Waals surface area (Å²) in [5, 5.41) is 13.4. The van der Waals surface area contributed by atoms with Gasteiger partial charge >= 0.3 is 0 Å². The second-order valence-corrected chi connectivity index (χ2v) is 45.7. The Labute approximate surface area is 758 Å². The van der Waals surface area contributed by atoms with Crippen LogP contribution in [0, 0.1) is 208 Å². The topological polar surface area (TPSA) is 0 Å². The highest BCUT2D eigenvalue weighted by atomic mass is 32.2. The molecule has 0 atom stereocenters. The van der Waals surface area contributed by atoms with Gasteiger partial charge in [-0.05, 0) is 496 Å². The number of aryl methyl sites for hydroxylation is 20. The van der Waals surface area contributed by atoms with E-state index in [1.54, 1.807) is 0 Å². The molecule has 610 valence electrons. The number of benzene rings is 15. The van der Waals surface area contributed by atoms with Crippen LogP contribution in [0.5, 0.6) is 0 Å². The SMILES string of the molecule is Cc1cc(Sc2c(Sc3cc(C)c(C)c(C)c3)c3c(Sc4cc(C)c(C)c(C)c4)c(Sc4cc(C)c(C)c(C)c4)c4c(Sc5cc(C)c(C)c(C)c5)c(Sc5cc(C)c(C)c(C)c5)c5c(Sc6cc(C)c(C)c(C)c6)c(Sc6cc(C)c(C)c(C)c6)c6c(Sc7cc(C)c(C)c(C)c7)c(Sc7cc(C)c(C)c(C)c7)c2c2c3c4c5c62)cc(C)c1C. The first-order valence-electron chi connectivity index (χ1n) is 41.9. The van der Waals surface area contributed by atoms with Crippen molar-refractivity contribution < 1.29 is 0 Å². The highest BCUT2D eigenvalue weighted by Gasteiger charge is 2.40. The van der Waals surface area contributed by atoms with Crippen LogP contribution in [0.3, 0.4) is 0 Å². The fraction of sp³-hybridized carbons (Fsp3) is 0.273. The van der Waals surface area contributed by atoms with E-state index in [1.807, 2.05) is 118 Å². The highest BCUT2D eigenvalue weighted by Crippen LogP contribution is 2.69. The summed E-state index contributed by atoms with van der Waals surface area (Å²) in [6.07, 6.45) is 0. The third-order valence-corrected chi connectivity index (χ3v) is 38.5. The molecule has 0 amide bonds. The Morgan fingerprint density at radius 1 is 0.100 bits per heavy atom. The molecular formula is C110H110S10. The third kappa shape index (κ3) is 15.7. The van der Waals surface area contributed by atoms with Crippen LogP contribution in [0.2, 0.25) is 0 Å².